The molecule has 2 rings (SSSR count). The second kappa shape index (κ2) is 10.7. The van der Waals surface area contributed by atoms with Gasteiger partial charge in [0.25, 0.3) is 0 Å². The van der Waals surface area contributed by atoms with E-state index in [1.807, 2.05) is 20.8 Å². The Balaban J connectivity index is 2.61. The van der Waals surface area contributed by atoms with Gasteiger partial charge in [-0.3, -0.25) is 9.59 Å². The Labute approximate surface area is 189 Å². The van der Waals surface area contributed by atoms with Gasteiger partial charge in [-0.15, -0.1) is 0 Å². The van der Waals surface area contributed by atoms with Crippen LogP contribution in [0.1, 0.15) is 77.2 Å². The molecule has 2 aromatic rings. The van der Waals surface area contributed by atoms with Gasteiger partial charge in [0.1, 0.15) is 17.2 Å². The predicted octanol–water partition coefficient (Wildman–Crippen LogP) is 5.32. The van der Waals surface area contributed by atoms with E-state index in [2.05, 4.69) is 4.74 Å². The van der Waals surface area contributed by atoms with Crippen molar-refractivity contribution in [1.82, 2.24) is 0 Å². The fraction of sp³-hybridized carbons (Fsp3) is 0.462. The van der Waals surface area contributed by atoms with Gasteiger partial charge in [-0.05, 0) is 81.3 Å². The molecule has 0 saturated heterocycles. The number of carbonyl (C=O) groups is 2. The van der Waals surface area contributed by atoms with E-state index in [0.717, 1.165) is 11.1 Å². The maximum Gasteiger partial charge on any atom is 0.305 e. The molecule has 0 spiro atoms. The minimum Gasteiger partial charge on any atom is -0.496 e. The summed E-state index contributed by atoms with van der Waals surface area (Å²) in [5.74, 6) is -0.239. The SMILES string of the molecule is COC(=O)CCCCCC(O)(c1ccc(F)cc1)c1c(C)c(C(C)=O)c(C)c(C)c1OC. The van der Waals surface area contributed by atoms with Gasteiger partial charge in [-0.2, -0.15) is 0 Å². The molecule has 0 radical (unpaired) electrons. The van der Waals surface area contributed by atoms with Gasteiger partial charge in [-0.1, -0.05) is 18.6 Å². The van der Waals surface area contributed by atoms with Crippen LogP contribution in [0.25, 0.3) is 0 Å². The van der Waals surface area contributed by atoms with Crippen molar-refractivity contribution >= 4 is 11.8 Å². The average Bonchev–Trinajstić information content (AvgIpc) is 2.75. The highest BCUT2D eigenvalue weighted by atomic mass is 19.1. The van der Waals surface area contributed by atoms with Crippen LogP contribution in [0.4, 0.5) is 4.39 Å². The molecule has 0 bridgehead atoms. The summed E-state index contributed by atoms with van der Waals surface area (Å²) < 4.78 is 24.1. The van der Waals surface area contributed by atoms with Crippen LogP contribution < -0.4 is 4.74 Å². The topological polar surface area (TPSA) is 72.8 Å². The Kier molecular flexibility index (Phi) is 8.56. The van der Waals surface area contributed by atoms with Crippen LogP contribution in [-0.2, 0) is 15.1 Å². The van der Waals surface area contributed by atoms with Crippen LogP contribution in [0.2, 0.25) is 0 Å². The lowest BCUT2D eigenvalue weighted by Crippen LogP contribution is -2.30. The highest BCUT2D eigenvalue weighted by Gasteiger charge is 2.38. The Bertz CT molecular complexity index is 981. The third kappa shape index (κ3) is 5.18. The van der Waals surface area contributed by atoms with Crippen LogP contribution in [-0.4, -0.2) is 31.1 Å². The number of benzene rings is 2. The summed E-state index contributed by atoms with van der Waals surface area (Å²) in [4.78, 5) is 23.9. The molecule has 0 aromatic heterocycles. The summed E-state index contributed by atoms with van der Waals surface area (Å²) in [5, 5.41) is 12.1. The Morgan fingerprint density at radius 1 is 0.969 bits per heavy atom. The molecule has 1 N–H and O–H groups in total. The van der Waals surface area contributed by atoms with Gasteiger partial charge >= 0.3 is 5.97 Å². The van der Waals surface area contributed by atoms with E-state index in [-0.39, 0.29) is 11.8 Å². The number of hydrogen-bond acceptors (Lipinski definition) is 5. The van der Waals surface area contributed by atoms with Crippen molar-refractivity contribution in [3.05, 3.63) is 63.5 Å². The van der Waals surface area contributed by atoms with Gasteiger partial charge in [0.05, 0.1) is 14.2 Å². The van der Waals surface area contributed by atoms with Crippen molar-refractivity contribution < 1.29 is 28.6 Å². The number of esters is 1. The highest BCUT2D eigenvalue weighted by Crippen LogP contribution is 2.45. The number of aliphatic hydroxyl groups is 1. The van der Waals surface area contributed by atoms with Crippen LogP contribution >= 0.6 is 0 Å². The molecule has 6 heteroatoms. The summed E-state index contributed by atoms with van der Waals surface area (Å²) in [6.45, 7) is 7.06. The van der Waals surface area contributed by atoms with E-state index in [4.69, 9.17) is 4.74 Å². The molecule has 5 nitrogen and oxygen atoms in total. The van der Waals surface area contributed by atoms with Crippen LogP contribution in [0.3, 0.4) is 0 Å². The standard InChI is InChI=1S/C26H33FO5/c1-16-17(2)25(32-6)24(18(3)23(16)19(4)28)26(30,20-11-13-21(27)14-12-20)15-9-7-8-10-22(29)31-5/h11-14,30H,7-10,15H2,1-6H3. The first-order valence-corrected chi connectivity index (χ1v) is 10.8. The molecule has 1 unspecified atom stereocenters. The summed E-state index contributed by atoms with van der Waals surface area (Å²) in [6.07, 6.45) is 2.57. The van der Waals surface area contributed by atoms with E-state index >= 15 is 0 Å². The average molecular weight is 445 g/mol. The van der Waals surface area contributed by atoms with Gasteiger partial charge in [0, 0.05) is 17.5 Å². The molecule has 0 fully saturated rings. The Morgan fingerprint density at radius 3 is 2.12 bits per heavy atom. The minimum absolute atomic E-state index is 0.0912. The van der Waals surface area contributed by atoms with Crippen molar-refractivity contribution in [2.24, 2.45) is 0 Å². The molecule has 2 aromatic carbocycles. The number of unbranched alkanes of at least 4 members (excludes halogenated alkanes) is 2. The van der Waals surface area contributed by atoms with Crippen molar-refractivity contribution in [2.75, 3.05) is 14.2 Å². The maximum absolute atomic E-state index is 13.7. The number of hydrogen-bond donors (Lipinski definition) is 1. The largest absolute Gasteiger partial charge is 0.496 e. The lowest BCUT2D eigenvalue weighted by molar-refractivity contribution is -0.140. The van der Waals surface area contributed by atoms with E-state index in [0.29, 0.717) is 60.1 Å². The summed E-state index contributed by atoms with van der Waals surface area (Å²) in [7, 11) is 2.90. The molecule has 0 aliphatic carbocycles. The van der Waals surface area contributed by atoms with Gasteiger partial charge in [-0.25, -0.2) is 4.39 Å². The number of ketones is 1. The second-order valence-electron chi connectivity index (χ2n) is 8.22. The molecular weight excluding hydrogens is 411 g/mol. The lowest BCUT2D eigenvalue weighted by atomic mass is 9.76. The number of halogens is 1. The number of Topliss-reactive ketones (excluding diaryl/α,β-unsaturated/α-hetero) is 1. The highest BCUT2D eigenvalue weighted by molar-refractivity contribution is 5.98. The predicted molar refractivity (Wildman–Crippen MR) is 122 cm³/mol. The zero-order valence-electron chi connectivity index (χ0n) is 19.8. The molecule has 0 amide bonds. The maximum atomic E-state index is 13.7. The van der Waals surface area contributed by atoms with Crippen molar-refractivity contribution in [2.45, 2.75) is 65.4 Å². The zero-order chi connectivity index (χ0) is 24.1. The van der Waals surface area contributed by atoms with Crippen LogP contribution in [0, 0.1) is 26.6 Å². The van der Waals surface area contributed by atoms with E-state index in [1.54, 1.807) is 19.2 Å². The first-order valence-electron chi connectivity index (χ1n) is 10.8. The minimum atomic E-state index is -1.50. The van der Waals surface area contributed by atoms with Gasteiger partial charge < -0.3 is 14.6 Å². The van der Waals surface area contributed by atoms with Crippen LogP contribution in [0.15, 0.2) is 24.3 Å². The summed E-state index contributed by atoms with van der Waals surface area (Å²) >= 11 is 0. The smallest absolute Gasteiger partial charge is 0.305 e. The molecule has 32 heavy (non-hydrogen) atoms. The number of rotatable bonds is 10. The first kappa shape index (κ1) is 25.5. The van der Waals surface area contributed by atoms with Crippen molar-refractivity contribution in [3.8, 4) is 5.75 Å². The first-order chi connectivity index (χ1) is 15.1. The zero-order valence-corrected chi connectivity index (χ0v) is 19.8. The number of ether oxygens (including phenoxy) is 2. The third-order valence-corrected chi connectivity index (χ3v) is 6.19. The van der Waals surface area contributed by atoms with Crippen LogP contribution in [0.5, 0.6) is 5.75 Å². The van der Waals surface area contributed by atoms with Gasteiger partial charge in [0.15, 0.2) is 5.78 Å². The normalized spacial score (nSPS) is 12.9. The quantitative estimate of drug-likeness (QED) is 0.305. The lowest BCUT2D eigenvalue weighted by Gasteiger charge is -2.34. The third-order valence-electron chi connectivity index (χ3n) is 6.19. The monoisotopic (exact) mass is 444 g/mol. The molecule has 1 atom stereocenters. The fourth-order valence-electron chi connectivity index (χ4n) is 4.47. The second-order valence-corrected chi connectivity index (χ2v) is 8.22. The summed E-state index contributed by atoms with van der Waals surface area (Å²) in [5.41, 5.74) is 2.35. The molecule has 0 aliphatic rings. The fourth-order valence-corrected chi connectivity index (χ4v) is 4.47. The molecular formula is C26H33FO5. The van der Waals surface area contributed by atoms with Gasteiger partial charge in [0.2, 0.25) is 0 Å². The Hall–Kier alpha value is -2.73. The van der Waals surface area contributed by atoms with Crippen molar-refractivity contribution in [3.63, 3.8) is 0 Å². The number of carbonyl (C=O) groups excluding carboxylic acids is 2. The molecule has 0 aliphatic heterocycles. The molecule has 0 heterocycles. The molecule has 174 valence electrons. The van der Waals surface area contributed by atoms with E-state index in [1.165, 1.54) is 26.2 Å². The Morgan fingerprint density at radius 2 is 1.59 bits per heavy atom. The summed E-state index contributed by atoms with van der Waals surface area (Å²) in [6, 6.07) is 5.75. The number of methoxy groups -OCH3 is 2. The van der Waals surface area contributed by atoms with Crippen molar-refractivity contribution in [1.29, 1.82) is 0 Å². The molecule has 0 saturated carbocycles. The van der Waals surface area contributed by atoms with E-state index < -0.39 is 11.4 Å². The van der Waals surface area contributed by atoms with E-state index in [9.17, 15) is 19.1 Å².